The van der Waals surface area contributed by atoms with Gasteiger partial charge in [0.15, 0.2) is 0 Å². The summed E-state index contributed by atoms with van der Waals surface area (Å²) < 4.78 is 4.70. The topological polar surface area (TPSA) is 87.5 Å². The molecule has 0 amide bonds. The Labute approximate surface area is 98.5 Å². The summed E-state index contributed by atoms with van der Waals surface area (Å²) in [4.78, 5) is 22.7. The molecule has 1 aromatic rings. The number of nitrogens with one attached hydrogen (secondary N) is 1. The number of hydrogen-bond donors (Lipinski definition) is 2. The summed E-state index contributed by atoms with van der Waals surface area (Å²) in [7, 11) is 1.33. The van der Waals surface area contributed by atoms with Crippen molar-refractivity contribution < 1.29 is 19.4 Å². The smallest absolute Gasteiger partial charge is 0.315 e. The molecule has 1 aromatic carbocycles. The second kappa shape index (κ2) is 5.91. The van der Waals surface area contributed by atoms with Gasteiger partial charge in [-0.3, -0.25) is 9.59 Å². The molecule has 0 fully saturated rings. The third-order valence-corrected chi connectivity index (χ3v) is 2.26. The van der Waals surface area contributed by atoms with Crippen molar-refractivity contribution in [1.29, 1.82) is 5.41 Å². The Morgan fingerprint density at radius 3 is 2.41 bits per heavy atom. The van der Waals surface area contributed by atoms with Crippen LogP contribution in [0.1, 0.15) is 10.4 Å². The van der Waals surface area contributed by atoms with E-state index >= 15 is 0 Å². The van der Waals surface area contributed by atoms with Crippen LogP contribution in [0.2, 0.25) is 0 Å². The quantitative estimate of drug-likeness (QED) is 0.573. The maximum Gasteiger partial charge on any atom is 0.315 e. The van der Waals surface area contributed by atoms with Crippen molar-refractivity contribution in [3.63, 3.8) is 0 Å². The van der Waals surface area contributed by atoms with Gasteiger partial charge in [0.25, 0.3) is 0 Å². The van der Waals surface area contributed by atoms with E-state index in [4.69, 9.17) is 15.3 Å². The van der Waals surface area contributed by atoms with Gasteiger partial charge in [-0.1, -0.05) is 30.3 Å². The third-order valence-electron chi connectivity index (χ3n) is 2.26. The number of carbonyl (C=O) groups excluding carboxylic acids is 1. The van der Waals surface area contributed by atoms with Crippen molar-refractivity contribution in [1.82, 2.24) is 0 Å². The van der Waals surface area contributed by atoms with Crippen LogP contribution in [-0.4, -0.2) is 36.3 Å². The van der Waals surface area contributed by atoms with Crippen LogP contribution in [0.15, 0.2) is 30.3 Å². The second-order valence-corrected chi connectivity index (χ2v) is 3.45. The first kappa shape index (κ1) is 13.1. The average Bonchev–Trinajstić information content (AvgIpc) is 2.35. The first-order valence-electron chi connectivity index (χ1n) is 4.98. The minimum atomic E-state index is -1.24. The van der Waals surface area contributed by atoms with Gasteiger partial charge in [0.05, 0.1) is 12.3 Å². The van der Waals surface area contributed by atoms with E-state index in [2.05, 4.69) is 0 Å². The number of carbonyl (C=O) groups is 2. The molecule has 0 aliphatic heterocycles. The zero-order valence-corrected chi connectivity index (χ0v) is 9.34. The molecule has 90 valence electrons. The molecule has 17 heavy (non-hydrogen) atoms. The molecule has 0 heterocycles. The van der Waals surface area contributed by atoms with Gasteiger partial charge in [-0.25, -0.2) is 0 Å². The maximum absolute atomic E-state index is 11.8. The van der Waals surface area contributed by atoms with E-state index in [9.17, 15) is 9.59 Å². The van der Waals surface area contributed by atoms with E-state index in [1.807, 2.05) is 0 Å². The molecule has 1 rings (SSSR count). The van der Waals surface area contributed by atoms with E-state index in [0.29, 0.717) is 5.56 Å². The van der Waals surface area contributed by atoms with E-state index < -0.39 is 23.4 Å². The standard InChI is InChI=1S/C12H13NO4/c1-17-7-9(12(15)16)10(13)11(14)8-5-3-2-4-6-8/h2-6,9,13H,7H2,1H3,(H,15,16)/t9-/m0/s1. The first-order chi connectivity index (χ1) is 8.07. The molecule has 2 N–H and O–H groups in total. The molecule has 0 unspecified atom stereocenters. The first-order valence-corrected chi connectivity index (χ1v) is 4.98. The summed E-state index contributed by atoms with van der Waals surface area (Å²) in [5.74, 6) is -3.05. The van der Waals surface area contributed by atoms with Crippen molar-refractivity contribution in [3.05, 3.63) is 35.9 Å². The molecule has 0 aliphatic carbocycles. The summed E-state index contributed by atoms with van der Waals surface area (Å²) in [5.41, 5.74) is -0.162. The van der Waals surface area contributed by atoms with Crippen molar-refractivity contribution in [3.8, 4) is 0 Å². The number of hydrogen-bond acceptors (Lipinski definition) is 4. The van der Waals surface area contributed by atoms with Crippen LogP contribution in [0.5, 0.6) is 0 Å². The molecule has 0 saturated heterocycles. The van der Waals surface area contributed by atoms with Crippen LogP contribution >= 0.6 is 0 Å². The Balaban J connectivity index is 2.89. The zero-order chi connectivity index (χ0) is 12.8. The van der Waals surface area contributed by atoms with Gasteiger partial charge in [-0.05, 0) is 0 Å². The van der Waals surface area contributed by atoms with Crippen LogP contribution in [0.4, 0.5) is 0 Å². The number of Topliss-reactive ketones (excluding diaryl/α,β-unsaturated/α-hetero) is 1. The lowest BCUT2D eigenvalue weighted by molar-refractivity contribution is -0.140. The molecule has 0 saturated carbocycles. The largest absolute Gasteiger partial charge is 0.481 e. The van der Waals surface area contributed by atoms with Crippen LogP contribution in [0.3, 0.4) is 0 Å². The highest BCUT2D eigenvalue weighted by atomic mass is 16.5. The number of ether oxygens (including phenoxy) is 1. The van der Waals surface area contributed by atoms with Gasteiger partial charge in [-0.2, -0.15) is 0 Å². The predicted molar refractivity (Wildman–Crippen MR) is 61.5 cm³/mol. The SMILES string of the molecule is COC[C@@H](C(=N)C(=O)c1ccccc1)C(=O)O. The molecule has 5 heteroatoms. The monoisotopic (exact) mass is 235 g/mol. The molecule has 0 aromatic heterocycles. The lowest BCUT2D eigenvalue weighted by Gasteiger charge is -2.11. The van der Waals surface area contributed by atoms with Crippen molar-refractivity contribution >= 4 is 17.5 Å². The number of carboxylic acids is 1. The molecule has 0 radical (unpaired) electrons. The fourth-order valence-corrected chi connectivity index (χ4v) is 1.35. The molecule has 0 bridgehead atoms. The molecule has 5 nitrogen and oxygen atoms in total. The minimum absolute atomic E-state index is 0.188. The summed E-state index contributed by atoms with van der Waals surface area (Å²) >= 11 is 0. The Bertz CT molecular complexity index is 427. The van der Waals surface area contributed by atoms with E-state index in [-0.39, 0.29) is 6.61 Å². The third kappa shape index (κ3) is 3.22. The summed E-state index contributed by atoms with van der Waals surface area (Å²) in [6.45, 7) is -0.188. The normalized spacial score (nSPS) is 11.8. The highest BCUT2D eigenvalue weighted by molar-refractivity contribution is 6.47. The van der Waals surface area contributed by atoms with Crippen LogP contribution < -0.4 is 0 Å². The maximum atomic E-state index is 11.8. The van der Waals surface area contributed by atoms with Gasteiger partial charge in [0.1, 0.15) is 5.92 Å². The highest BCUT2D eigenvalue weighted by Gasteiger charge is 2.28. The lowest BCUT2D eigenvalue weighted by atomic mass is 9.96. The van der Waals surface area contributed by atoms with Crippen LogP contribution in [0, 0.1) is 11.3 Å². The van der Waals surface area contributed by atoms with Gasteiger partial charge >= 0.3 is 5.97 Å². The Hall–Kier alpha value is -2.01. The Kier molecular flexibility index (Phi) is 4.54. The second-order valence-electron chi connectivity index (χ2n) is 3.45. The molecular weight excluding hydrogens is 222 g/mol. The number of carboxylic acid groups (broad SMARTS) is 1. The van der Waals surface area contributed by atoms with Crippen LogP contribution in [0.25, 0.3) is 0 Å². The number of aliphatic carboxylic acids is 1. The van der Waals surface area contributed by atoms with Crippen LogP contribution in [-0.2, 0) is 9.53 Å². The fourth-order valence-electron chi connectivity index (χ4n) is 1.35. The average molecular weight is 235 g/mol. The lowest BCUT2D eigenvalue weighted by Crippen LogP contribution is -2.33. The number of benzene rings is 1. The van der Waals surface area contributed by atoms with Crippen molar-refractivity contribution in [2.75, 3.05) is 13.7 Å². The Morgan fingerprint density at radius 1 is 1.35 bits per heavy atom. The molecular formula is C12H13NO4. The number of methoxy groups -OCH3 is 1. The highest BCUT2D eigenvalue weighted by Crippen LogP contribution is 2.08. The van der Waals surface area contributed by atoms with E-state index in [1.165, 1.54) is 7.11 Å². The number of rotatable bonds is 6. The molecule has 0 spiro atoms. The fraction of sp³-hybridized carbons (Fsp3) is 0.250. The summed E-state index contributed by atoms with van der Waals surface area (Å²) in [6, 6.07) is 8.15. The van der Waals surface area contributed by atoms with Crippen molar-refractivity contribution in [2.24, 2.45) is 5.92 Å². The summed E-state index contributed by atoms with van der Waals surface area (Å²) in [5, 5.41) is 16.5. The van der Waals surface area contributed by atoms with Crippen molar-refractivity contribution in [2.45, 2.75) is 0 Å². The van der Waals surface area contributed by atoms with E-state index in [0.717, 1.165) is 0 Å². The zero-order valence-electron chi connectivity index (χ0n) is 9.34. The summed E-state index contributed by atoms with van der Waals surface area (Å²) in [6.07, 6.45) is 0. The van der Waals surface area contributed by atoms with Gasteiger partial charge < -0.3 is 15.3 Å². The Morgan fingerprint density at radius 2 is 1.94 bits per heavy atom. The van der Waals surface area contributed by atoms with Gasteiger partial charge in [0.2, 0.25) is 5.78 Å². The minimum Gasteiger partial charge on any atom is -0.481 e. The predicted octanol–water partition coefficient (Wildman–Crippen LogP) is 1.24. The number of ketones is 1. The molecule has 1 atom stereocenters. The molecule has 0 aliphatic rings. The van der Waals surface area contributed by atoms with Gasteiger partial charge in [0, 0.05) is 12.7 Å². The van der Waals surface area contributed by atoms with Gasteiger partial charge in [-0.15, -0.1) is 0 Å². The van der Waals surface area contributed by atoms with E-state index in [1.54, 1.807) is 30.3 Å².